The highest BCUT2D eigenvalue weighted by molar-refractivity contribution is 9.10. The van der Waals surface area contributed by atoms with Gasteiger partial charge < -0.3 is 5.32 Å². The summed E-state index contributed by atoms with van der Waals surface area (Å²) in [6.45, 7) is 3.44. The van der Waals surface area contributed by atoms with E-state index in [2.05, 4.69) is 31.3 Å². The fourth-order valence-corrected chi connectivity index (χ4v) is 6.12. The van der Waals surface area contributed by atoms with Gasteiger partial charge in [-0.25, -0.2) is 13.4 Å². The first-order valence-corrected chi connectivity index (χ1v) is 13.4. The van der Waals surface area contributed by atoms with E-state index in [0.29, 0.717) is 30.2 Å². The summed E-state index contributed by atoms with van der Waals surface area (Å²) in [5.74, 6) is 0.785. The molecule has 5 rings (SSSR count). The number of halogens is 1. The molecule has 0 saturated carbocycles. The molecule has 1 aliphatic heterocycles. The van der Waals surface area contributed by atoms with Crippen molar-refractivity contribution in [3.05, 3.63) is 82.3 Å². The number of benzene rings is 1. The number of pyridine rings is 1. The summed E-state index contributed by atoms with van der Waals surface area (Å²) in [5, 5.41) is 7.88. The number of aromatic nitrogens is 4. The largest absolute Gasteiger partial charge is 0.366 e. The first-order valence-electron chi connectivity index (χ1n) is 11.2. The molecule has 4 aromatic rings. The monoisotopic (exact) mass is 540 g/mol. The van der Waals surface area contributed by atoms with E-state index in [1.807, 2.05) is 43.5 Å². The summed E-state index contributed by atoms with van der Waals surface area (Å²) in [5.41, 5.74) is 3.63. The number of nitrogens with zero attached hydrogens (tertiary/aromatic N) is 5. The Labute approximate surface area is 207 Å². The zero-order valence-corrected chi connectivity index (χ0v) is 21.1. The zero-order valence-electron chi connectivity index (χ0n) is 18.7. The first kappa shape index (κ1) is 22.9. The number of aryl methyl sites for hydroxylation is 1. The molecular formula is C24H25BrN6O2S. The minimum Gasteiger partial charge on any atom is -0.366 e. The molecule has 0 radical (unpaired) electrons. The van der Waals surface area contributed by atoms with Gasteiger partial charge in [0, 0.05) is 44.0 Å². The molecule has 1 fully saturated rings. The van der Waals surface area contributed by atoms with E-state index >= 15 is 0 Å². The summed E-state index contributed by atoms with van der Waals surface area (Å²) >= 11 is 3.55. The molecule has 0 bridgehead atoms. The lowest BCUT2D eigenvalue weighted by molar-refractivity contribution is 0.313. The fraction of sp³-hybridized carbons (Fsp3) is 0.292. The van der Waals surface area contributed by atoms with E-state index < -0.39 is 10.0 Å². The third kappa shape index (κ3) is 4.57. The Morgan fingerprint density at radius 2 is 2.00 bits per heavy atom. The van der Waals surface area contributed by atoms with Gasteiger partial charge >= 0.3 is 0 Å². The summed E-state index contributed by atoms with van der Waals surface area (Å²) in [4.78, 5) is 9.36. The molecule has 8 nitrogen and oxygen atoms in total. The van der Waals surface area contributed by atoms with Crippen LogP contribution in [-0.4, -0.2) is 45.4 Å². The Morgan fingerprint density at radius 3 is 2.76 bits per heavy atom. The quantitative estimate of drug-likeness (QED) is 0.390. The Hall–Kier alpha value is -2.82. The van der Waals surface area contributed by atoms with Crippen LogP contribution in [0.25, 0.3) is 5.65 Å². The van der Waals surface area contributed by atoms with Crippen LogP contribution in [0.3, 0.4) is 0 Å². The van der Waals surface area contributed by atoms with Crippen LogP contribution < -0.4 is 5.32 Å². The molecule has 1 saturated heterocycles. The maximum absolute atomic E-state index is 13.3. The molecule has 4 heterocycles. The maximum Gasteiger partial charge on any atom is 0.243 e. The number of hydrogen-bond acceptors (Lipinski definition) is 6. The van der Waals surface area contributed by atoms with Crippen molar-refractivity contribution in [2.24, 2.45) is 0 Å². The topological polar surface area (TPSA) is 92.5 Å². The van der Waals surface area contributed by atoms with Crippen LogP contribution in [0, 0.1) is 6.92 Å². The van der Waals surface area contributed by atoms with Crippen molar-refractivity contribution in [2.45, 2.75) is 37.1 Å². The normalized spacial score (nSPS) is 17.2. The number of piperidine rings is 1. The molecule has 0 aliphatic carbocycles. The van der Waals surface area contributed by atoms with Gasteiger partial charge in [-0.1, -0.05) is 23.8 Å². The van der Waals surface area contributed by atoms with Gasteiger partial charge in [0.2, 0.25) is 10.0 Å². The average Bonchev–Trinajstić information content (AvgIpc) is 3.24. The van der Waals surface area contributed by atoms with E-state index in [0.717, 1.165) is 40.0 Å². The lowest BCUT2D eigenvalue weighted by atomic mass is 9.96. The minimum atomic E-state index is -3.56. The number of fused-ring (bicyclic) bond motifs is 1. The van der Waals surface area contributed by atoms with E-state index in [1.165, 1.54) is 0 Å². The van der Waals surface area contributed by atoms with Crippen LogP contribution in [0.5, 0.6) is 0 Å². The molecule has 10 heteroatoms. The predicted octanol–water partition coefficient (Wildman–Crippen LogP) is 4.38. The van der Waals surface area contributed by atoms with Gasteiger partial charge in [-0.2, -0.15) is 13.9 Å². The second kappa shape index (κ2) is 9.44. The van der Waals surface area contributed by atoms with Crippen molar-refractivity contribution in [2.75, 3.05) is 18.4 Å². The van der Waals surface area contributed by atoms with Crippen molar-refractivity contribution in [3.8, 4) is 0 Å². The Kier molecular flexibility index (Phi) is 6.37. The first-order chi connectivity index (χ1) is 16.4. The molecule has 0 spiro atoms. The van der Waals surface area contributed by atoms with Crippen LogP contribution >= 0.6 is 15.9 Å². The summed E-state index contributed by atoms with van der Waals surface area (Å²) in [6, 6.07) is 12.9. The second-order valence-electron chi connectivity index (χ2n) is 8.52. The minimum absolute atomic E-state index is 0.0142. The SMILES string of the molecule is Cc1ccc(S(=O)(=O)N2CCCC(c3cc(NCc4cccnc4)n4ncc(Br)c4n3)C2)cc1. The average molecular weight is 541 g/mol. The smallest absolute Gasteiger partial charge is 0.243 e. The maximum atomic E-state index is 13.3. The van der Waals surface area contributed by atoms with Crippen LogP contribution in [-0.2, 0) is 16.6 Å². The van der Waals surface area contributed by atoms with Gasteiger partial charge in [0.25, 0.3) is 0 Å². The lowest BCUT2D eigenvalue weighted by Gasteiger charge is -2.32. The number of nitrogens with one attached hydrogen (secondary N) is 1. The molecule has 1 atom stereocenters. The molecular weight excluding hydrogens is 516 g/mol. The lowest BCUT2D eigenvalue weighted by Crippen LogP contribution is -2.39. The summed E-state index contributed by atoms with van der Waals surface area (Å²) in [6.07, 6.45) is 6.94. The van der Waals surface area contributed by atoms with Crippen LogP contribution in [0.2, 0.25) is 0 Å². The van der Waals surface area contributed by atoms with E-state index in [4.69, 9.17) is 4.98 Å². The molecule has 34 heavy (non-hydrogen) atoms. The van der Waals surface area contributed by atoms with Gasteiger partial charge in [-0.15, -0.1) is 0 Å². The van der Waals surface area contributed by atoms with Gasteiger partial charge in [0.05, 0.1) is 21.3 Å². The molecule has 3 aromatic heterocycles. The van der Waals surface area contributed by atoms with Gasteiger partial charge in [0.1, 0.15) is 5.82 Å². The molecule has 1 N–H and O–H groups in total. The summed E-state index contributed by atoms with van der Waals surface area (Å²) < 4.78 is 30.7. The molecule has 0 amide bonds. The van der Waals surface area contributed by atoms with E-state index in [1.54, 1.807) is 33.3 Å². The summed E-state index contributed by atoms with van der Waals surface area (Å²) in [7, 11) is -3.56. The Bertz CT molecular complexity index is 1410. The number of sulfonamides is 1. The number of rotatable bonds is 6. The molecule has 1 unspecified atom stereocenters. The highest BCUT2D eigenvalue weighted by Gasteiger charge is 2.32. The van der Waals surface area contributed by atoms with Crippen LogP contribution in [0.1, 0.15) is 35.6 Å². The van der Waals surface area contributed by atoms with Gasteiger partial charge in [-0.05, 0) is 59.5 Å². The van der Waals surface area contributed by atoms with Gasteiger partial charge in [0.15, 0.2) is 5.65 Å². The Morgan fingerprint density at radius 1 is 1.18 bits per heavy atom. The van der Waals surface area contributed by atoms with Crippen molar-refractivity contribution >= 4 is 37.4 Å². The third-order valence-electron chi connectivity index (χ3n) is 6.11. The Balaban J connectivity index is 1.44. The molecule has 176 valence electrons. The standard InChI is InChI=1S/C24H25BrN6O2S/c1-17-6-8-20(9-7-17)34(32,33)30-11-3-5-19(16-30)22-12-23(27-14-18-4-2-10-26-13-18)31-24(29-22)21(25)15-28-31/h2,4,6-10,12-13,15,19,27H,3,5,11,14,16H2,1H3. The molecule has 1 aromatic carbocycles. The zero-order chi connectivity index (χ0) is 23.7. The van der Waals surface area contributed by atoms with Crippen LogP contribution in [0.15, 0.2) is 70.4 Å². The van der Waals surface area contributed by atoms with E-state index in [9.17, 15) is 8.42 Å². The second-order valence-corrected chi connectivity index (χ2v) is 11.3. The van der Waals surface area contributed by atoms with Gasteiger partial charge in [-0.3, -0.25) is 4.98 Å². The van der Waals surface area contributed by atoms with E-state index in [-0.39, 0.29) is 5.92 Å². The van der Waals surface area contributed by atoms with Crippen molar-refractivity contribution in [1.82, 2.24) is 23.9 Å². The highest BCUT2D eigenvalue weighted by Crippen LogP contribution is 2.32. The number of hydrogen-bond donors (Lipinski definition) is 1. The van der Waals surface area contributed by atoms with Crippen molar-refractivity contribution in [3.63, 3.8) is 0 Å². The van der Waals surface area contributed by atoms with Crippen molar-refractivity contribution < 1.29 is 8.42 Å². The van der Waals surface area contributed by atoms with Crippen LogP contribution in [0.4, 0.5) is 5.82 Å². The predicted molar refractivity (Wildman–Crippen MR) is 134 cm³/mol. The highest BCUT2D eigenvalue weighted by atomic mass is 79.9. The fourth-order valence-electron chi connectivity index (χ4n) is 4.25. The molecule has 1 aliphatic rings. The van der Waals surface area contributed by atoms with Crippen molar-refractivity contribution in [1.29, 1.82) is 0 Å². The third-order valence-corrected chi connectivity index (χ3v) is 8.54. The number of anilines is 1.